The van der Waals surface area contributed by atoms with Crippen LogP contribution < -0.4 is 20.0 Å². The van der Waals surface area contributed by atoms with Crippen LogP contribution in [0, 0.1) is 30.6 Å². The Morgan fingerprint density at radius 1 is 0.794 bits per heavy atom. The number of ether oxygens (including phenoxy) is 1. The van der Waals surface area contributed by atoms with Gasteiger partial charge in [0.1, 0.15) is 11.5 Å². The molecule has 2 heterocycles. The van der Waals surface area contributed by atoms with Gasteiger partial charge in [-0.1, -0.05) is 59.7 Å². The number of allylic oxidation sites excluding steroid dienone is 2. The van der Waals surface area contributed by atoms with Gasteiger partial charge in [0.25, 0.3) is 11.8 Å². The van der Waals surface area contributed by atoms with E-state index in [0.29, 0.717) is 33.9 Å². The summed E-state index contributed by atoms with van der Waals surface area (Å²) in [5.41, 5.74) is 5.66. The SMILES string of the molecule is Cc1ccc(NN2C(=O)C3CC4C(=CCC5C(=O)N(c6ccc(N=Nc7ccc(N(C)C)cc7)cc6)C(=O)C54)C(c4cc(OC(F)(F)F)ccc4O)C3(c3ccccc3)C2=O)cc1. The van der Waals surface area contributed by atoms with Gasteiger partial charge in [-0.25, -0.2) is 0 Å². The molecule has 15 heteroatoms. The monoisotopic (exact) mass is 854 g/mol. The zero-order valence-corrected chi connectivity index (χ0v) is 34.3. The molecule has 63 heavy (non-hydrogen) atoms. The van der Waals surface area contributed by atoms with Crippen LogP contribution in [0.5, 0.6) is 11.5 Å². The number of hydrazine groups is 1. The number of phenolic OH excluding ortho intramolecular Hbond substituents is 1. The van der Waals surface area contributed by atoms with Gasteiger partial charge in [-0.15, -0.1) is 13.2 Å². The highest BCUT2D eigenvalue weighted by atomic mass is 19.4. The zero-order chi connectivity index (χ0) is 44.4. The molecule has 0 radical (unpaired) electrons. The van der Waals surface area contributed by atoms with E-state index >= 15 is 4.79 Å². The number of nitrogens with zero attached hydrogens (tertiary/aromatic N) is 5. The lowest BCUT2D eigenvalue weighted by Crippen LogP contribution is -2.53. The minimum Gasteiger partial charge on any atom is -0.508 e. The molecule has 2 N–H and O–H groups in total. The first kappa shape index (κ1) is 41.1. The highest BCUT2D eigenvalue weighted by Gasteiger charge is 2.70. The van der Waals surface area contributed by atoms with E-state index in [1.807, 2.05) is 50.2 Å². The third kappa shape index (κ3) is 7.06. The van der Waals surface area contributed by atoms with Crippen LogP contribution in [0.15, 0.2) is 143 Å². The van der Waals surface area contributed by atoms with Gasteiger partial charge < -0.3 is 14.7 Å². The number of hydrogen-bond donors (Lipinski definition) is 2. The summed E-state index contributed by atoms with van der Waals surface area (Å²) in [5.74, 6) is -8.59. The number of carbonyl (C=O) groups is 4. The highest BCUT2D eigenvalue weighted by Crippen LogP contribution is 2.65. The summed E-state index contributed by atoms with van der Waals surface area (Å²) in [6.07, 6.45) is -3.34. The van der Waals surface area contributed by atoms with Crippen molar-refractivity contribution in [1.29, 1.82) is 0 Å². The van der Waals surface area contributed by atoms with Crippen LogP contribution in [-0.4, -0.2) is 54.2 Å². The molecule has 4 amide bonds. The van der Waals surface area contributed by atoms with Crippen molar-refractivity contribution in [3.05, 3.63) is 150 Å². The molecule has 5 aromatic rings. The number of azo groups is 1. The molecule has 320 valence electrons. The van der Waals surface area contributed by atoms with Crippen molar-refractivity contribution in [1.82, 2.24) is 5.01 Å². The smallest absolute Gasteiger partial charge is 0.508 e. The van der Waals surface area contributed by atoms with Gasteiger partial charge in [0.15, 0.2) is 0 Å². The van der Waals surface area contributed by atoms with Crippen molar-refractivity contribution >= 4 is 52.1 Å². The van der Waals surface area contributed by atoms with Crippen LogP contribution in [0.1, 0.15) is 35.4 Å². The van der Waals surface area contributed by atoms with Crippen LogP contribution in [0.2, 0.25) is 0 Å². The van der Waals surface area contributed by atoms with E-state index < -0.39 is 76.5 Å². The number of benzene rings is 5. The third-order valence-electron chi connectivity index (χ3n) is 12.7. The first-order chi connectivity index (χ1) is 30.1. The molecule has 0 spiro atoms. The van der Waals surface area contributed by atoms with Gasteiger partial charge in [-0.2, -0.15) is 15.2 Å². The van der Waals surface area contributed by atoms with Gasteiger partial charge in [-0.05, 0) is 110 Å². The molecule has 2 aliphatic carbocycles. The fraction of sp³-hybridized carbons (Fsp3) is 0.250. The number of carbonyl (C=O) groups excluding carboxylic acids is 4. The van der Waals surface area contributed by atoms with E-state index in [4.69, 9.17) is 0 Å². The average molecular weight is 855 g/mol. The standard InChI is InChI=1S/C48H41F3N6O6/c1-27-9-11-31(12-10-27)54-57-44(60)39-26-37-35(42(47(39,46(57)62)28-7-5-4-6-8-28)38-25-34(21-24-40(38)58)63-48(49,50)51)22-23-36-41(37)45(61)56(43(36)59)33-19-15-30(16-20-33)53-52-29-13-17-32(18-14-29)55(2)3/h4-22,24-25,36-37,39,41-42,54,58H,23,26H2,1-3H3. The summed E-state index contributed by atoms with van der Waals surface area (Å²) in [7, 11) is 3.87. The Bertz CT molecular complexity index is 2690. The fourth-order valence-corrected chi connectivity index (χ4v) is 9.91. The molecule has 3 fully saturated rings. The summed E-state index contributed by atoms with van der Waals surface area (Å²) >= 11 is 0. The number of halogens is 3. The molecule has 5 aromatic carbocycles. The predicted octanol–water partition coefficient (Wildman–Crippen LogP) is 9.27. The predicted molar refractivity (Wildman–Crippen MR) is 227 cm³/mol. The summed E-state index contributed by atoms with van der Waals surface area (Å²) in [4.78, 5) is 62.5. The van der Waals surface area contributed by atoms with E-state index in [1.54, 1.807) is 84.9 Å². The zero-order valence-electron chi connectivity index (χ0n) is 34.3. The molecular weight excluding hydrogens is 814 g/mol. The number of fused-ring (bicyclic) bond motifs is 4. The second kappa shape index (κ2) is 15.6. The van der Waals surface area contributed by atoms with Gasteiger partial charge in [-0.3, -0.25) is 29.5 Å². The molecule has 2 aliphatic heterocycles. The van der Waals surface area contributed by atoms with Crippen LogP contribution in [0.3, 0.4) is 0 Å². The number of aryl methyl sites for hydroxylation is 1. The van der Waals surface area contributed by atoms with E-state index in [9.17, 15) is 32.7 Å². The molecule has 9 rings (SSSR count). The van der Waals surface area contributed by atoms with Crippen LogP contribution >= 0.6 is 0 Å². The lowest BCUT2D eigenvalue weighted by atomic mass is 9.49. The van der Waals surface area contributed by atoms with Gasteiger partial charge in [0.2, 0.25) is 11.8 Å². The van der Waals surface area contributed by atoms with Crippen molar-refractivity contribution in [3.63, 3.8) is 0 Å². The summed E-state index contributed by atoms with van der Waals surface area (Å²) in [5, 5.41) is 21.2. The topological polar surface area (TPSA) is 144 Å². The van der Waals surface area contributed by atoms with E-state index in [-0.39, 0.29) is 18.4 Å². The highest BCUT2D eigenvalue weighted by molar-refractivity contribution is 6.22. The second-order valence-electron chi connectivity index (χ2n) is 16.5. The lowest BCUT2D eigenvalue weighted by molar-refractivity contribution is -0.274. The summed E-state index contributed by atoms with van der Waals surface area (Å²) < 4.78 is 45.5. The Hall–Kier alpha value is -7.29. The maximum absolute atomic E-state index is 15.4. The maximum atomic E-state index is 15.4. The average Bonchev–Trinajstić information content (AvgIpc) is 3.65. The number of imide groups is 2. The van der Waals surface area contributed by atoms with Gasteiger partial charge >= 0.3 is 6.36 Å². The number of hydrogen-bond acceptors (Lipinski definition) is 10. The molecule has 6 unspecified atom stereocenters. The summed E-state index contributed by atoms with van der Waals surface area (Å²) in [6.45, 7) is 1.89. The number of anilines is 3. The Morgan fingerprint density at radius 3 is 2.08 bits per heavy atom. The number of nitrogens with one attached hydrogen (secondary N) is 1. The van der Waals surface area contributed by atoms with E-state index in [2.05, 4.69) is 20.4 Å². The van der Waals surface area contributed by atoms with Crippen molar-refractivity contribution in [2.75, 3.05) is 29.3 Å². The number of alkyl halides is 3. The van der Waals surface area contributed by atoms with Crippen molar-refractivity contribution in [3.8, 4) is 11.5 Å². The van der Waals surface area contributed by atoms with Crippen molar-refractivity contribution < 1.29 is 42.2 Å². The van der Waals surface area contributed by atoms with Crippen LogP contribution in [0.4, 0.5) is 41.6 Å². The molecule has 2 saturated heterocycles. The number of phenols is 1. The number of rotatable bonds is 9. The minimum atomic E-state index is -5.09. The molecule has 4 aliphatic rings. The van der Waals surface area contributed by atoms with Gasteiger partial charge in [0.05, 0.1) is 45.9 Å². The first-order valence-electron chi connectivity index (χ1n) is 20.4. The molecule has 6 atom stereocenters. The lowest BCUT2D eigenvalue weighted by Gasteiger charge is -2.50. The van der Waals surface area contributed by atoms with Crippen LogP contribution in [0.25, 0.3) is 0 Å². The quantitative estimate of drug-likeness (QED) is 0.0849. The minimum absolute atomic E-state index is 0.0511. The number of amides is 4. The number of aromatic hydroxyl groups is 1. The summed E-state index contributed by atoms with van der Waals surface area (Å²) in [6, 6.07) is 32.5. The molecule has 1 saturated carbocycles. The Kier molecular flexibility index (Phi) is 10.1. The van der Waals surface area contributed by atoms with Crippen molar-refractivity contribution in [2.45, 2.75) is 37.5 Å². The Balaban J connectivity index is 1.12. The maximum Gasteiger partial charge on any atom is 0.573 e. The van der Waals surface area contributed by atoms with Gasteiger partial charge in [0, 0.05) is 31.3 Å². The largest absolute Gasteiger partial charge is 0.573 e. The molecule has 0 aromatic heterocycles. The first-order valence-corrected chi connectivity index (χ1v) is 20.4. The third-order valence-corrected chi connectivity index (χ3v) is 12.7. The fourth-order valence-electron chi connectivity index (χ4n) is 9.91. The van der Waals surface area contributed by atoms with E-state index in [1.165, 1.54) is 0 Å². The second-order valence-corrected chi connectivity index (χ2v) is 16.5. The van der Waals surface area contributed by atoms with E-state index in [0.717, 1.165) is 39.4 Å². The Morgan fingerprint density at radius 2 is 1.44 bits per heavy atom. The van der Waals surface area contributed by atoms with Crippen LogP contribution in [-0.2, 0) is 24.6 Å². The molecule has 0 bridgehead atoms. The Labute approximate surface area is 360 Å². The molecular formula is C48H41F3N6O6. The normalized spacial score (nSPS) is 24.3. The van der Waals surface area contributed by atoms with Crippen molar-refractivity contribution in [2.24, 2.45) is 33.9 Å². The molecule has 12 nitrogen and oxygen atoms in total.